The zero-order valence-electron chi connectivity index (χ0n) is 6.23. The molecule has 0 aromatic heterocycles. The number of carbonyl (C=O) groups excluding carboxylic acids is 1. The van der Waals surface area contributed by atoms with Crippen LogP contribution in [-0.2, 0) is 9.53 Å². The molecule has 0 aromatic rings. The van der Waals surface area contributed by atoms with Crippen LogP contribution in [0.2, 0.25) is 0 Å². The molecule has 1 fully saturated rings. The summed E-state index contributed by atoms with van der Waals surface area (Å²) >= 11 is 0. The first-order valence-electron chi connectivity index (χ1n) is 3.47. The molecule has 1 saturated heterocycles. The third kappa shape index (κ3) is 1.85. The number of ether oxygens (including phenoxy) is 1. The van der Waals surface area contributed by atoms with Crippen molar-refractivity contribution in [2.75, 3.05) is 0 Å². The molecular weight excluding hydrogens is 146 g/mol. The van der Waals surface area contributed by atoms with Gasteiger partial charge in [0.25, 0.3) is 0 Å². The molecule has 5 nitrogen and oxygen atoms in total. The van der Waals surface area contributed by atoms with Crippen LogP contribution >= 0.6 is 0 Å². The van der Waals surface area contributed by atoms with Crippen molar-refractivity contribution in [3.8, 4) is 0 Å². The van der Waals surface area contributed by atoms with Crippen LogP contribution < -0.4 is 0 Å². The third-order valence-electron chi connectivity index (χ3n) is 1.69. The van der Waals surface area contributed by atoms with Crippen molar-refractivity contribution in [2.45, 2.75) is 31.9 Å². The van der Waals surface area contributed by atoms with Gasteiger partial charge in [-0.25, -0.2) is 0 Å². The van der Waals surface area contributed by atoms with Gasteiger partial charge in [0.2, 0.25) is 0 Å². The van der Waals surface area contributed by atoms with Crippen LogP contribution in [0.25, 0.3) is 10.4 Å². The highest BCUT2D eigenvalue weighted by atomic mass is 16.5. The van der Waals surface area contributed by atoms with Crippen LogP contribution in [0.1, 0.15) is 19.8 Å². The first-order valence-corrected chi connectivity index (χ1v) is 3.47. The maximum atomic E-state index is 10.6. The molecule has 60 valence electrons. The summed E-state index contributed by atoms with van der Waals surface area (Å²) in [6, 6.07) is -0.244. The lowest BCUT2D eigenvalue weighted by atomic mass is 10.1. The summed E-state index contributed by atoms with van der Waals surface area (Å²) < 4.78 is 4.87. The fraction of sp³-hybridized carbons (Fsp3) is 0.833. The third-order valence-corrected chi connectivity index (χ3v) is 1.69. The van der Waals surface area contributed by atoms with Crippen molar-refractivity contribution in [2.24, 2.45) is 5.11 Å². The van der Waals surface area contributed by atoms with Crippen LogP contribution in [-0.4, -0.2) is 18.1 Å². The van der Waals surface area contributed by atoms with E-state index < -0.39 is 0 Å². The smallest absolute Gasteiger partial charge is 0.306 e. The SMILES string of the molecule is C[C@H](N=[N+]=[N-])[C@@H]1CCC(=O)O1. The average molecular weight is 155 g/mol. The molecule has 1 rings (SSSR count). The fourth-order valence-corrected chi connectivity index (χ4v) is 1.04. The molecule has 0 aliphatic carbocycles. The summed E-state index contributed by atoms with van der Waals surface area (Å²) in [5.74, 6) is -0.199. The Balaban J connectivity index is 2.48. The fourth-order valence-electron chi connectivity index (χ4n) is 1.04. The van der Waals surface area contributed by atoms with Crippen molar-refractivity contribution in [3.05, 3.63) is 10.4 Å². The van der Waals surface area contributed by atoms with Crippen molar-refractivity contribution < 1.29 is 9.53 Å². The molecule has 5 heteroatoms. The van der Waals surface area contributed by atoms with Crippen molar-refractivity contribution in [1.82, 2.24) is 0 Å². The largest absolute Gasteiger partial charge is 0.462 e. The molecule has 0 bridgehead atoms. The van der Waals surface area contributed by atoms with Gasteiger partial charge in [-0.2, -0.15) is 0 Å². The highest BCUT2D eigenvalue weighted by molar-refractivity contribution is 5.71. The van der Waals surface area contributed by atoms with Crippen LogP contribution in [0.3, 0.4) is 0 Å². The molecule has 0 unspecified atom stereocenters. The van der Waals surface area contributed by atoms with Gasteiger partial charge in [0.05, 0.1) is 6.04 Å². The number of esters is 1. The van der Waals surface area contributed by atoms with Gasteiger partial charge in [0, 0.05) is 11.3 Å². The molecule has 0 aromatic carbocycles. The minimum atomic E-state index is -0.244. The highest BCUT2D eigenvalue weighted by Gasteiger charge is 2.27. The maximum absolute atomic E-state index is 10.6. The Labute approximate surface area is 64.0 Å². The van der Waals surface area contributed by atoms with Gasteiger partial charge in [0.15, 0.2) is 0 Å². The molecule has 0 spiro atoms. The molecule has 0 radical (unpaired) electrons. The quantitative estimate of drug-likeness (QED) is 0.261. The van der Waals surface area contributed by atoms with Gasteiger partial charge < -0.3 is 4.74 Å². The monoisotopic (exact) mass is 155 g/mol. The van der Waals surface area contributed by atoms with Gasteiger partial charge >= 0.3 is 5.97 Å². The standard InChI is InChI=1S/C6H9N3O2/c1-4(8-9-7)5-2-3-6(10)11-5/h4-5H,2-3H2,1H3/t4-,5-/m0/s1. The Morgan fingerprint density at radius 2 is 2.64 bits per heavy atom. The van der Waals surface area contributed by atoms with Crippen LogP contribution in [0, 0.1) is 0 Å². The van der Waals surface area contributed by atoms with Gasteiger partial charge in [-0.05, 0) is 12.0 Å². The van der Waals surface area contributed by atoms with E-state index in [2.05, 4.69) is 10.0 Å². The lowest BCUT2D eigenvalue weighted by Crippen LogP contribution is -2.19. The normalized spacial score (nSPS) is 25.5. The summed E-state index contributed by atoms with van der Waals surface area (Å²) in [6.45, 7) is 1.74. The maximum Gasteiger partial charge on any atom is 0.306 e. The predicted octanol–water partition coefficient (Wildman–Crippen LogP) is 1.39. The summed E-state index contributed by atoms with van der Waals surface area (Å²) in [5.41, 5.74) is 8.08. The highest BCUT2D eigenvalue weighted by Crippen LogP contribution is 2.18. The molecular formula is C6H9N3O2. The molecule has 0 N–H and O–H groups in total. The first kappa shape index (κ1) is 7.88. The lowest BCUT2D eigenvalue weighted by Gasteiger charge is -2.11. The van der Waals surface area contributed by atoms with Crippen molar-refractivity contribution in [1.29, 1.82) is 0 Å². The van der Waals surface area contributed by atoms with E-state index in [0.29, 0.717) is 12.8 Å². The molecule has 11 heavy (non-hydrogen) atoms. The number of carbonyl (C=O) groups is 1. The van der Waals surface area contributed by atoms with Crippen molar-refractivity contribution in [3.63, 3.8) is 0 Å². The van der Waals surface area contributed by atoms with E-state index >= 15 is 0 Å². The van der Waals surface area contributed by atoms with Crippen LogP contribution in [0.15, 0.2) is 5.11 Å². The average Bonchev–Trinajstić information content (AvgIpc) is 2.36. The zero-order valence-corrected chi connectivity index (χ0v) is 6.23. The number of hydrogen-bond acceptors (Lipinski definition) is 3. The lowest BCUT2D eigenvalue weighted by molar-refractivity contribution is -0.141. The summed E-state index contributed by atoms with van der Waals surface area (Å²) in [6.07, 6.45) is 0.896. The van der Waals surface area contributed by atoms with Crippen LogP contribution in [0.4, 0.5) is 0 Å². The number of hydrogen-bond donors (Lipinski definition) is 0. The Kier molecular flexibility index (Phi) is 2.33. The minimum Gasteiger partial charge on any atom is -0.462 e. The summed E-state index contributed by atoms with van der Waals surface area (Å²) in [5, 5.41) is 3.44. The molecule has 2 atom stereocenters. The summed E-state index contributed by atoms with van der Waals surface area (Å²) in [4.78, 5) is 13.2. The topological polar surface area (TPSA) is 75.1 Å². The van der Waals surface area contributed by atoms with E-state index in [-0.39, 0.29) is 18.1 Å². The van der Waals surface area contributed by atoms with E-state index in [4.69, 9.17) is 10.3 Å². The number of azide groups is 1. The molecule has 1 aliphatic heterocycles. The van der Waals surface area contributed by atoms with Crippen molar-refractivity contribution >= 4 is 5.97 Å². The number of rotatable bonds is 2. The van der Waals surface area contributed by atoms with E-state index in [9.17, 15) is 4.79 Å². The second-order valence-electron chi connectivity index (χ2n) is 2.51. The molecule has 1 aliphatic rings. The van der Waals surface area contributed by atoms with Crippen LogP contribution in [0.5, 0.6) is 0 Å². The van der Waals surface area contributed by atoms with E-state index in [1.54, 1.807) is 6.92 Å². The minimum absolute atomic E-state index is 0.199. The summed E-state index contributed by atoms with van der Waals surface area (Å²) in [7, 11) is 0. The van der Waals surface area contributed by atoms with E-state index in [0.717, 1.165) is 0 Å². The second-order valence-corrected chi connectivity index (χ2v) is 2.51. The second kappa shape index (κ2) is 3.25. The predicted molar refractivity (Wildman–Crippen MR) is 37.7 cm³/mol. The number of nitrogens with zero attached hydrogens (tertiary/aromatic N) is 3. The molecule has 0 saturated carbocycles. The Bertz CT molecular complexity index is 210. The van der Waals surface area contributed by atoms with E-state index in [1.165, 1.54) is 0 Å². The zero-order chi connectivity index (χ0) is 8.27. The Morgan fingerprint density at radius 3 is 3.09 bits per heavy atom. The number of cyclic esters (lactones) is 1. The van der Waals surface area contributed by atoms with E-state index in [1.807, 2.05) is 0 Å². The molecule has 0 amide bonds. The van der Waals surface area contributed by atoms with Gasteiger partial charge in [0.1, 0.15) is 6.10 Å². The van der Waals surface area contributed by atoms with Gasteiger partial charge in [-0.1, -0.05) is 12.0 Å². The Morgan fingerprint density at radius 1 is 1.91 bits per heavy atom. The van der Waals surface area contributed by atoms with Gasteiger partial charge in [-0.15, -0.1) is 0 Å². The Hall–Kier alpha value is -1.22. The molecule has 1 heterocycles. The van der Waals surface area contributed by atoms with Gasteiger partial charge in [-0.3, -0.25) is 4.79 Å². The first-order chi connectivity index (χ1) is 5.24.